The number of benzene rings is 1. The number of nitrogens with zero attached hydrogens (tertiary/aromatic N) is 2. The van der Waals surface area contributed by atoms with Gasteiger partial charge in [0.1, 0.15) is 0 Å². The monoisotopic (exact) mass is 345 g/mol. The number of amides is 1. The van der Waals surface area contributed by atoms with E-state index in [9.17, 15) is 4.79 Å². The lowest BCUT2D eigenvalue weighted by Gasteiger charge is -2.22. The van der Waals surface area contributed by atoms with Crippen molar-refractivity contribution in [2.24, 2.45) is 5.92 Å². The highest BCUT2D eigenvalue weighted by molar-refractivity contribution is 6.07. The second-order valence-corrected chi connectivity index (χ2v) is 7.03. The molecule has 0 saturated heterocycles. The Kier molecular flexibility index (Phi) is 4.91. The van der Waals surface area contributed by atoms with Gasteiger partial charge in [0.25, 0.3) is 5.91 Å². The molecule has 1 fully saturated rings. The van der Waals surface area contributed by atoms with Crippen LogP contribution in [0.15, 0.2) is 54.9 Å². The van der Waals surface area contributed by atoms with Crippen molar-refractivity contribution in [1.29, 1.82) is 0 Å². The molecule has 0 bridgehead atoms. The second-order valence-electron chi connectivity index (χ2n) is 7.03. The molecule has 1 aliphatic rings. The molecular weight excluding hydrogens is 322 g/mol. The second kappa shape index (κ2) is 7.65. The van der Waals surface area contributed by atoms with Crippen molar-refractivity contribution in [1.82, 2.24) is 15.3 Å². The topological polar surface area (TPSA) is 54.9 Å². The van der Waals surface area contributed by atoms with E-state index in [-0.39, 0.29) is 5.91 Å². The molecule has 0 radical (unpaired) electrons. The first kappa shape index (κ1) is 16.7. The molecule has 2 heterocycles. The van der Waals surface area contributed by atoms with Crippen molar-refractivity contribution in [2.45, 2.75) is 32.1 Å². The minimum Gasteiger partial charge on any atom is -0.352 e. The molecule has 1 N–H and O–H groups in total. The number of fused-ring (bicyclic) bond motifs is 1. The average molecular weight is 345 g/mol. The van der Waals surface area contributed by atoms with Gasteiger partial charge in [0.15, 0.2) is 0 Å². The third kappa shape index (κ3) is 3.59. The van der Waals surface area contributed by atoms with Crippen LogP contribution in [0.3, 0.4) is 0 Å². The average Bonchev–Trinajstić information content (AvgIpc) is 2.72. The summed E-state index contributed by atoms with van der Waals surface area (Å²) in [5.74, 6) is 0.595. The number of pyridine rings is 2. The quantitative estimate of drug-likeness (QED) is 0.751. The van der Waals surface area contributed by atoms with Gasteiger partial charge in [-0.2, -0.15) is 0 Å². The van der Waals surface area contributed by atoms with Gasteiger partial charge in [0.2, 0.25) is 0 Å². The highest BCUT2D eigenvalue weighted by Crippen LogP contribution is 2.25. The molecule has 4 heteroatoms. The largest absolute Gasteiger partial charge is 0.352 e. The first-order chi connectivity index (χ1) is 12.8. The molecule has 1 amide bonds. The smallest absolute Gasteiger partial charge is 0.252 e. The van der Waals surface area contributed by atoms with E-state index in [1.807, 2.05) is 42.5 Å². The summed E-state index contributed by atoms with van der Waals surface area (Å²) < 4.78 is 0. The molecule has 0 unspecified atom stereocenters. The molecule has 0 spiro atoms. The third-order valence-corrected chi connectivity index (χ3v) is 5.19. The van der Waals surface area contributed by atoms with Crippen molar-refractivity contribution in [3.8, 4) is 11.3 Å². The number of para-hydroxylation sites is 1. The molecule has 1 aromatic carbocycles. The molecule has 0 aliphatic heterocycles. The van der Waals surface area contributed by atoms with Crippen LogP contribution in [0.2, 0.25) is 0 Å². The van der Waals surface area contributed by atoms with Gasteiger partial charge in [-0.3, -0.25) is 9.78 Å². The van der Waals surface area contributed by atoms with E-state index in [2.05, 4.69) is 10.3 Å². The van der Waals surface area contributed by atoms with Crippen LogP contribution in [0, 0.1) is 5.92 Å². The van der Waals surface area contributed by atoms with Gasteiger partial charge >= 0.3 is 0 Å². The van der Waals surface area contributed by atoms with E-state index < -0.39 is 0 Å². The maximum atomic E-state index is 12.9. The zero-order chi connectivity index (χ0) is 17.8. The summed E-state index contributed by atoms with van der Waals surface area (Å²) in [4.78, 5) is 21.8. The predicted molar refractivity (Wildman–Crippen MR) is 104 cm³/mol. The summed E-state index contributed by atoms with van der Waals surface area (Å²) in [7, 11) is 0. The Labute approximate surface area is 153 Å². The Bertz CT molecular complexity index is 902. The van der Waals surface area contributed by atoms with Gasteiger partial charge in [-0.25, -0.2) is 4.98 Å². The fourth-order valence-corrected chi connectivity index (χ4v) is 3.75. The fourth-order valence-electron chi connectivity index (χ4n) is 3.75. The van der Waals surface area contributed by atoms with Gasteiger partial charge in [-0.05, 0) is 43.0 Å². The van der Waals surface area contributed by atoms with Crippen LogP contribution >= 0.6 is 0 Å². The molecule has 4 rings (SSSR count). The lowest BCUT2D eigenvalue weighted by Crippen LogP contribution is -2.30. The fraction of sp³-hybridized carbons (Fsp3) is 0.318. The summed E-state index contributed by atoms with van der Waals surface area (Å²) in [6.07, 6.45) is 9.85. The lowest BCUT2D eigenvalue weighted by atomic mass is 9.89. The molecule has 26 heavy (non-hydrogen) atoms. The van der Waals surface area contributed by atoms with Crippen molar-refractivity contribution in [3.05, 3.63) is 60.4 Å². The van der Waals surface area contributed by atoms with Gasteiger partial charge in [0.05, 0.1) is 16.8 Å². The first-order valence-electron chi connectivity index (χ1n) is 9.39. The van der Waals surface area contributed by atoms with E-state index in [0.29, 0.717) is 11.5 Å². The third-order valence-electron chi connectivity index (χ3n) is 5.19. The highest BCUT2D eigenvalue weighted by Gasteiger charge is 2.17. The highest BCUT2D eigenvalue weighted by atomic mass is 16.1. The van der Waals surface area contributed by atoms with E-state index in [0.717, 1.165) is 28.7 Å². The number of rotatable bonds is 4. The minimum atomic E-state index is -0.0145. The Morgan fingerprint density at radius 2 is 1.92 bits per heavy atom. The van der Waals surface area contributed by atoms with Crippen LogP contribution in [0.25, 0.3) is 22.2 Å². The Balaban J connectivity index is 1.65. The minimum absolute atomic E-state index is 0.0145. The number of nitrogens with one attached hydrogen (secondary N) is 1. The van der Waals surface area contributed by atoms with Gasteiger partial charge in [-0.15, -0.1) is 0 Å². The molecule has 4 nitrogen and oxygen atoms in total. The number of carbonyl (C=O) groups excluding carboxylic acids is 1. The van der Waals surface area contributed by atoms with Crippen LogP contribution in [-0.4, -0.2) is 22.4 Å². The standard InChI is InChI=1S/C22H23N3O/c26-22(24-14-16-7-2-1-3-8-16)19-13-21(17-9-6-12-23-15-17)25-20-11-5-4-10-18(19)20/h4-6,9-13,15-16H,1-3,7-8,14H2,(H,24,26). The SMILES string of the molecule is O=C(NCC1CCCCC1)c1cc(-c2cccnc2)nc2ccccc12. The van der Waals surface area contributed by atoms with Gasteiger partial charge < -0.3 is 5.32 Å². The predicted octanol–water partition coefficient (Wildman–Crippen LogP) is 4.61. The Hall–Kier alpha value is -2.75. The molecule has 0 atom stereocenters. The van der Waals surface area contributed by atoms with Crippen molar-refractivity contribution in [2.75, 3.05) is 6.54 Å². The Morgan fingerprint density at radius 3 is 2.73 bits per heavy atom. The Morgan fingerprint density at radius 1 is 1.08 bits per heavy atom. The molecular formula is C22H23N3O. The molecule has 3 aromatic rings. The maximum absolute atomic E-state index is 12.9. The van der Waals surface area contributed by atoms with Crippen molar-refractivity contribution < 1.29 is 4.79 Å². The number of carbonyl (C=O) groups is 1. The molecule has 132 valence electrons. The number of hydrogen-bond donors (Lipinski definition) is 1. The van der Waals surface area contributed by atoms with Crippen LogP contribution in [0.1, 0.15) is 42.5 Å². The van der Waals surface area contributed by atoms with E-state index in [1.165, 1.54) is 32.1 Å². The first-order valence-corrected chi connectivity index (χ1v) is 9.39. The van der Waals surface area contributed by atoms with E-state index in [4.69, 9.17) is 4.98 Å². The van der Waals surface area contributed by atoms with Crippen LogP contribution < -0.4 is 5.32 Å². The van der Waals surface area contributed by atoms with E-state index >= 15 is 0 Å². The molecule has 1 saturated carbocycles. The van der Waals surface area contributed by atoms with Gasteiger partial charge in [0, 0.05) is 29.9 Å². The summed E-state index contributed by atoms with van der Waals surface area (Å²) >= 11 is 0. The lowest BCUT2D eigenvalue weighted by molar-refractivity contribution is 0.0945. The summed E-state index contributed by atoms with van der Waals surface area (Å²) in [6.45, 7) is 0.762. The van der Waals surface area contributed by atoms with Crippen LogP contribution in [-0.2, 0) is 0 Å². The summed E-state index contributed by atoms with van der Waals surface area (Å²) in [5, 5.41) is 4.05. The normalized spacial score (nSPS) is 15.1. The number of hydrogen-bond acceptors (Lipinski definition) is 3. The zero-order valence-corrected chi connectivity index (χ0v) is 14.8. The zero-order valence-electron chi connectivity index (χ0n) is 14.8. The maximum Gasteiger partial charge on any atom is 0.252 e. The van der Waals surface area contributed by atoms with Crippen molar-refractivity contribution in [3.63, 3.8) is 0 Å². The summed E-state index contributed by atoms with van der Waals surface area (Å²) in [6, 6.07) is 13.5. The van der Waals surface area contributed by atoms with E-state index in [1.54, 1.807) is 12.4 Å². The summed E-state index contributed by atoms with van der Waals surface area (Å²) in [5.41, 5.74) is 3.21. The van der Waals surface area contributed by atoms with Gasteiger partial charge in [-0.1, -0.05) is 37.5 Å². The molecule has 2 aromatic heterocycles. The number of aromatic nitrogens is 2. The van der Waals surface area contributed by atoms with Crippen LogP contribution in [0.5, 0.6) is 0 Å². The van der Waals surface area contributed by atoms with Crippen molar-refractivity contribution >= 4 is 16.8 Å². The molecule has 1 aliphatic carbocycles. The van der Waals surface area contributed by atoms with Crippen LogP contribution in [0.4, 0.5) is 0 Å².